The van der Waals surface area contributed by atoms with Crippen LogP contribution in [0.2, 0.25) is 0 Å². The Kier molecular flexibility index (Phi) is 7.81. The summed E-state index contributed by atoms with van der Waals surface area (Å²) in [5.41, 5.74) is 0. The second-order valence-electron chi connectivity index (χ2n) is 3.83. The molecule has 0 bridgehead atoms. The van der Waals surface area contributed by atoms with E-state index in [2.05, 4.69) is 5.32 Å². The van der Waals surface area contributed by atoms with E-state index in [0.717, 1.165) is 5.76 Å². The molecule has 6 heteroatoms. The van der Waals surface area contributed by atoms with E-state index in [1.165, 1.54) is 11.8 Å². The highest BCUT2D eigenvalue weighted by atomic mass is 32.2. The minimum Gasteiger partial charge on any atom is -0.468 e. The Bertz CT molecular complexity index is 378. The fraction of sp³-hybridized carbons (Fsp3) is 0.538. The molecule has 1 heterocycles. The standard InChI is InChI=1S/C13H19NO4S/c1-2-17-13(16)6-3-7-14-12(15)10-19-9-11-5-4-8-18-11/h4-5,8H,2-3,6-7,9-10H2,1H3,(H,14,15). The number of carbonyl (C=O) groups is 2. The van der Waals surface area contributed by atoms with Gasteiger partial charge in [0.15, 0.2) is 0 Å². The van der Waals surface area contributed by atoms with Gasteiger partial charge in [-0.05, 0) is 25.5 Å². The van der Waals surface area contributed by atoms with Crippen molar-refractivity contribution >= 4 is 23.6 Å². The zero-order chi connectivity index (χ0) is 13.9. The average molecular weight is 285 g/mol. The van der Waals surface area contributed by atoms with E-state index in [9.17, 15) is 9.59 Å². The first-order valence-electron chi connectivity index (χ1n) is 6.24. The molecule has 0 aliphatic carbocycles. The highest BCUT2D eigenvalue weighted by molar-refractivity contribution is 7.99. The molecule has 0 saturated heterocycles. The molecule has 19 heavy (non-hydrogen) atoms. The van der Waals surface area contributed by atoms with E-state index in [1.807, 2.05) is 12.1 Å². The minimum atomic E-state index is -0.219. The van der Waals surface area contributed by atoms with Crippen LogP contribution >= 0.6 is 11.8 Å². The summed E-state index contributed by atoms with van der Waals surface area (Å²) in [6, 6.07) is 3.70. The molecular weight excluding hydrogens is 266 g/mol. The van der Waals surface area contributed by atoms with E-state index in [0.29, 0.717) is 37.5 Å². The largest absolute Gasteiger partial charge is 0.468 e. The van der Waals surface area contributed by atoms with Crippen molar-refractivity contribution in [1.82, 2.24) is 5.32 Å². The Morgan fingerprint density at radius 3 is 3.00 bits per heavy atom. The molecule has 1 amide bonds. The summed E-state index contributed by atoms with van der Waals surface area (Å²) in [6.07, 6.45) is 2.56. The number of hydrogen-bond acceptors (Lipinski definition) is 5. The van der Waals surface area contributed by atoms with E-state index in [1.54, 1.807) is 13.2 Å². The monoisotopic (exact) mass is 285 g/mol. The number of hydrogen-bond donors (Lipinski definition) is 1. The number of esters is 1. The van der Waals surface area contributed by atoms with E-state index in [4.69, 9.17) is 9.15 Å². The van der Waals surface area contributed by atoms with Crippen molar-refractivity contribution in [2.45, 2.75) is 25.5 Å². The first-order valence-corrected chi connectivity index (χ1v) is 7.40. The van der Waals surface area contributed by atoms with Crippen LogP contribution in [0.1, 0.15) is 25.5 Å². The number of furan rings is 1. The summed E-state index contributed by atoms with van der Waals surface area (Å²) >= 11 is 1.49. The lowest BCUT2D eigenvalue weighted by molar-refractivity contribution is -0.143. The van der Waals surface area contributed by atoms with Crippen molar-refractivity contribution in [2.24, 2.45) is 0 Å². The number of thioether (sulfide) groups is 1. The fourth-order valence-electron chi connectivity index (χ4n) is 1.38. The normalized spacial score (nSPS) is 10.2. The average Bonchev–Trinajstić information content (AvgIpc) is 2.88. The summed E-state index contributed by atoms with van der Waals surface area (Å²) in [7, 11) is 0. The molecule has 0 aromatic carbocycles. The third-order valence-corrected chi connectivity index (χ3v) is 3.20. The van der Waals surface area contributed by atoms with Crippen molar-refractivity contribution in [1.29, 1.82) is 0 Å². The quantitative estimate of drug-likeness (QED) is 0.555. The highest BCUT2D eigenvalue weighted by Crippen LogP contribution is 2.11. The van der Waals surface area contributed by atoms with Gasteiger partial charge in [-0.15, -0.1) is 11.8 Å². The number of rotatable bonds is 9. The molecule has 0 unspecified atom stereocenters. The maximum atomic E-state index is 11.5. The lowest BCUT2D eigenvalue weighted by atomic mass is 10.3. The van der Waals surface area contributed by atoms with Crippen LogP contribution in [-0.4, -0.2) is 30.8 Å². The Morgan fingerprint density at radius 1 is 1.47 bits per heavy atom. The number of nitrogens with one attached hydrogen (secondary N) is 1. The van der Waals surface area contributed by atoms with E-state index in [-0.39, 0.29) is 11.9 Å². The van der Waals surface area contributed by atoms with Crippen LogP contribution in [0, 0.1) is 0 Å². The Labute approximate surface area is 117 Å². The molecule has 1 N–H and O–H groups in total. The van der Waals surface area contributed by atoms with Crippen molar-refractivity contribution in [3.63, 3.8) is 0 Å². The van der Waals surface area contributed by atoms with Crippen molar-refractivity contribution in [3.05, 3.63) is 24.2 Å². The van der Waals surface area contributed by atoms with Crippen LogP contribution in [0.4, 0.5) is 0 Å². The molecule has 1 aromatic rings. The summed E-state index contributed by atoms with van der Waals surface area (Å²) < 4.78 is 9.95. The zero-order valence-electron chi connectivity index (χ0n) is 11.0. The van der Waals surface area contributed by atoms with Gasteiger partial charge in [0, 0.05) is 13.0 Å². The van der Waals surface area contributed by atoms with Crippen LogP contribution in [-0.2, 0) is 20.1 Å². The van der Waals surface area contributed by atoms with Gasteiger partial charge < -0.3 is 14.5 Å². The molecule has 0 atom stereocenters. The van der Waals surface area contributed by atoms with Crippen LogP contribution < -0.4 is 5.32 Å². The minimum absolute atomic E-state index is 0.0274. The van der Waals surface area contributed by atoms with E-state index < -0.39 is 0 Å². The molecule has 0 aliphatic heterocycles. The van der Waals surface area contributed by atoms with Gasteiger partial charge in [-0.2, -0.15) is 0 Å². The lowest BCUT2D eigenvalue weighted by Crippen LogP contribution is -2.26. The molecule has 5 nitrogen and oxygen atoms in total. The van der Waals surface area contributed by atoms with E-state index >= 15 is 0 Å². The third-order valence-electron chi connectivity index (χ3n) is 2.24. The smallest absolute Gasteiger partial charge is 0.305 e. The van der Waals surface area contributed by atoms with Crippen molar-refractivity contribution in [2.75, 3.05) is 18.9 Å². The maximum absolute atomic E-state index is 11.5. The Morgan fingerprint density at radius 2 is 2.32 bits per heavy atom. The summed E-state index contributed by atoms with van der Waals surface area (Å²) in [5.74, 6) is 1.69. The van der Waals surface area contributed by atoms with Gasteiger partial charge in [0.25, 0.3) is 0 Å². The first kappa shape index (κ1) is 15.6. The molecule has 0 saturated carbocycles. The van der Waals surface area contributed by atoms with Gasteiger partial charge in [-0.25, -0.2) is 0 Å². The molecule has 106 valence electrons. The Hall–Kier alpha value is -1.43. The third kappa shape index (κ3) is 7.56. The molecule has 0 spiro atoms. The highest BCUT2D eigenvalue weighted by Gasteiger charge is 2.04. The summed E-state index contributed by atoms with van der Waals surface area (Å²) in [5, 5.41) is 2.76. The summed E-state index contributed by atoms with van der Waals surface area (Å²) in [6.45, 7) is 2.67. The van der Waals surface area contributed by atoms with Gasteiger partial charge in [-0.3, -0.25) is 9.59 Å². The number of amides is 1. The zero-order valence-corrected chi connectivity index (χ0v) is 11.8. The summed E-state index contributed by atoms with van der Waals surface area (Å²) in [4.78, 5) is 22.5. The fourth-order valence-corrected chi connectivity index (χ4v) is 2.14. The predicted molar refractivity (Wildman–Crippen MR) is 73.7 cm³/mol. The van der Waals surface area contributed by atoms with Gasteiger partial charge >= 0.3 is 5.97 Å². The number of ether oxygens (including phenoxy) is 1. The van der Waals surface area contributed by atoms with Crippen molar-refractivity contribution in [3.8, 4) is 0 Å². The molecule has 1 aromatic heterocycles. The van der Waals surface area contributed by atoms with Crippen LogP contribution in [0.5, 0.6) is 0 Å². The van der Waals surface area contributed by atoms with Crippen LogP contribution in [0.15, 0.2) is 22.8 Å². The first-order chi connectivity index (χ1) is 9.22. The molecular formula is C13H19NO4S. The van der Waals surface area contributed by atoms with Gasteiger partial charge in [0.05, 0.1) is 24.4 Å². The molecule has 0 fully saturated rings. The van der Waals surface area contributed by atoms with Crippen LogP contribution in [0.3, 0.4) is 0 Å². The maximum Gasteiger partial charge on any atom is 0.305 e. The molecule has 0 aliphatic rings. The number of carbonyl (C=O) groups excluding carboxylic acids is 2. The SMILES string of the molecule is CCOC(=O)CCCNC(=O)CSCc1ccco1. The van der Waals surface area contributed by atoms with Gasteiger partial charge in [-0.1, -0.05) is 0 Å². The second kappa shape index (κ2) is 9.49. The molecule has 0 radical (unpaired) electrons. The van der Waals surface area contributed by atoms with Crippen molar-refractivity contribution < 1.29 is 18.7 Å². The lowest BCUT2D eigenvalue weighted by Gasteiger charge is -2.04. The topological polar surface area (TPSA) is 68.5 Å². The van der Waals surface area contributed by atoms with Crippen LogP contribution in [0.25, 0.3) is 0 Å². The second-order valence-corrected chi connectivity index (χ2v) is 4.82. The predicted octanol–water partition coefficient (Wildman–Crippen LogP) is 1.97. The van der Waals surface area contributed by atoms with Gasteiger partial charge in [0.2, 0.25) is 5.91 Å². The Balaban J connectivity index is 1.97. The van der Waals surface area contributed by atoms with Gasteiger partial charge in [0.1, 0.15) is 5.76 Å². The molecule has 1 rings (SSSR count).